The Kier molecular flexibility index (Phi) is 7.64. The van der Waals surface area contributed by atoms with Crippen molar-refractivity contribution in [2.75, 3.05) is 31.8 Å². The standard InChI is InChI=1S/C25H22Cl2N4O2S/c1-31-9-8-22-19(13-31)24(15-4-3-5-17(10-15)33-2)18(12-28)25(30-22)34-14-23(32)29-16-6-7-20(26)21(27)11-16/h3-7,10-11H,8-9,13-14H2,1-2H3,(H,29,32). The van der Waals surface area contributed by atoms with Crippen LogP contribution in [0.25, 0.3) is 11.1 Å². The molecule has 1 amide bonds. The first-order valence-electron chi connectivity index (χ1n) is 10.6. The van der Waals surface area contributed by atoms with Gasteiger partial charge in [-0.3, -0.25) is 4.79 Å². The molecule has 2 heterocycles. The number of pyridine rings is 1. The monoisotopic (exact) mass is 512 g/mol. The van der Waals surface area contributed by atoms with Gasteiger partial charge in [-0.25, -0.2) is 4.98 Å². The Morgan fingerprint density at radius 3 is 2.82 bits per heavy atom. The second-order valence-corrected chi connectivity index (χ2v) is 9.67. The third-order valence-electron chi connectivity index (χ3n) is 5.52. The number of benzene rings is 2. The highest BCUT2D eigenvalue weighted by atomic mass is 35.5. The predicted octanol–water partition coefficient (Wildman–Crippen LogP) is 5.65. The van der Waals surface area contributed by atoms with E-state index in [9.17, 15) is 10.1 Å². The molecule has 6 nitrogen and oxygen atoms in total. The fourth-order valence-corrected chi connectivity index (χ4v) is 4.99. The van der Waals surface area contributed by atoms with E-state index in [1.807, 2.05) is 24.3 Å². The Bertz CT molecular complexity index is 1290. The lowest BCUT2D eigenvalue weighted by Gasteiger charge is -2.28. The molecule has 34 heavy (non-hydrogen) atoms. The van der Waals surface area contributed by atoms with Gasteiger partial charge in [-0.15, -0.1) is 0 Å². The molecule has 0 radical (unpaired) electrons. The van der Waals surface area contributed by atoms with Crippen LogP contribution in [-0.2, 0) is 17.8 Å². The number of aromatic nitrogens is 1. The molecule has 0 bridgehead atoms. The Morgan fingerprint density at radius 1 is 1.26 bits per heavy atom. The zero-order valence-electron chi connectivity index (χ0n) is 18.7. The summed E-state index contributed by atoms with van der Waals surface area (Å²) < 4.78 is 5.41. The minimum absolute atomic E-state index is 0.0954. The van der Waals surface area contributed by atoms with Gasteiger partial charge in [-0.2, -0.15) is 5.26 Å². The van der Waals surface area contributed by atoms with Crippen LogP contribution in [0.3, 0.4) is 0 Å². The van der Waals surface area contributed by atoms with Crippen molar-refractivity contribution in [3.63, 3.8) is 0 Å². The molecule has 0 spiro atoms. The average Bonchev–Trinajstić information content (AvgIpc) is 2.84. The van der Waals surface area contributed by atoms with Crippen LogP contribution in [0.1, 0.15) is 16.8 Å². The molecule has 174 valence electrons. The smallest absolute Gasteiger partial charge is 0.234 e. The van der Waals surface area contributed by atoms with E-state index in [0.717, 1.165) is 35.3 Å². The quantitative estimate of drug-likeness (QED) is 0.429. The normalized spacial score (nSPS) is 13.1. The number of thioether (sulfide) groups is 1. The zero-order valence-corrected chi connectivity index (χ0v) is 21.0. The number of nitriles is 1. The summed E-state index contributed by atoms with van der Waals surface area (Å²) in [5.41, 5.74) is 4.77. The van der Waals surface area contributed by atoms with Crippen LogP contribution in [0.4, 0.5) is 5.69 Å². The van der Waals surface area contributed by atoms with Crippen LogP contribution >= 0.6 is 35.0 Å². The van der Waals surface area contributed by atoms with Crippen molar-refractivity contribution in [2.45, 2.75) is 18.0 Å². The topological polar surface area (TPSA) is 78.2 Å². The molecule has 1 aliphatic rings. The van der Waals surface area contributed by atoms with Gasteiger partial charge in [0.2, 0.25) is 5.91 Å². The molecular weight excluding hydrogens is 491 g/mol. The fraction of sp³-hybridized carbons (Fsp3) is 0.240. The summed E-state index contributed by atoms with van der Waals surface area (Å²) in [7, 11) is 3.67. The molecule has 0 fully saturated rings. The van der Waals surface area contributed by atoms with Gasteiger partial charge >= 0.3 is 0 Å². The SMILES string of the molecule is COc1cccc(-c2c(C#N)c(SCC(=O)Nc3ccc(Cl)c(Cl)c3)nc3c2CN(C)CC3)c1. The van der Waals surface area contributed by atoms with E-state index in [-0.39, 0.29) is 11.7 Å². The van der Waals surface area contributed by atoms with Crippen LogP contribution in [0.2, 0.25) is 10.0 Å². The number of methoxy groups -OCH3 is 1. The van der Waals surface area contributed by atoms with E-state index in [0.29, 0.717) is 38.6 Å². The molecule has 2 aromatic carbocycles. The predicted molar refractivity (Wildman–Crippen MR) is 137 cm³/mol. The van der Waals surface area contributed by atoms with E-state index in [1.165, 1.54) is 11.8 Å². The molecule has 4 rings (SSSR count). The Labute approximate surface area is 212 Å². The van der Waals surface area contributed by atoms with E-state index in [4.69, 9.17) is 32.9 Å². The summed E-state index contributed by atoms with van der Waals surface area (Å²) in [6.45, 7) is 1.58. The number of halogens is 2. The average molecular weight is 513 g/mol. The largest absolute Gasteiger partial charge is 0.497 e. The number of carbonyl (C=O) groups excluding carboxylic acids is 1. The summed E-state index contributed by atoms with van der Waals surface area (Å²) in [6.07, 6.45) is 0.775. The summed E-state index contributed by atoms with van der Waals surface area (Å²) in [5.74, 6) is 0.582. The number of likely N-dealkylation sites (N-methyl/N-ethyl adjacent to an activating group) is 1. The lowest BCUT2D eigenvalue weighted by atomic mass is 9.91. The number of carbonyl (C=O) groups is 1. The van der Waals surface area contributed by atoms with Crippen LogP contribution in [0.15, 0.2) is 47.5 Å². The maximum Gasteiger partial charge on any atom is 0.234 e. The van der Waals surface area contributed by atoms with E-state index in [1.54, 1.807) is 25.3 Å². The van der Waals surface area contributed by atoms with Gasteiger partial charge in [0.05, 0.1) is 28.5 Å². The lowest BCUT2D eigenvalue weighted by Crippen LogP contribution is -2.28. The van der Waals surface area contributed by atoms with Gasteiger partial charge in [0, 0.05) is 36.5 Å². The highest BCUT2D eigenvalue weighted by Gasteiger charge is 2.25. The molecule has 3 aromatic rings. The molecule has 1 aliphatic heterocycles. The van der Waals surface area contributed by atoms with Crippen molar-refractivity contribution in [2.24, 2.45) is 0 Å². The number of nitrogens with zero attached hydrogens (tertiary/aromatic N) is 3. The van der Waals surface area contributed by atoms with Crippen molar-refractivity contribution in [1.29, 1.82) is 5.26 Å². The van der Waals surface area contributed by atoms with Crippen LogP contribution in [0, 0.1) is 11.3 Å². The molecule has 0 saturated heterocycles. The van der Waals surface area contributed by atoms with Gasteiger partial charge in [0.25, 0.3) is 0 Å². The number of rotatable bonds is 6. The van der Waals surface area contributed by atoms with Gasteiger partial charge in [0.1, 0.15) is 16.8 Å². The zero-order chi connectivity index (χ0) is 24.2. The first kappa shape index (κ1) is 24.4. The maximum atomic E-state index is 12.6. The van der Waals surface area contributed by atoms with Crippen LogP contribution in [0.5, 0.6) is 5.75 Å². The first-order valence-corrected chi connectivity index (χ1v) is 12.3. The molecule has 0 saturated carbocycles. The van der Waals surface area contributed by atoms with Crippen molar-refractivity contribution >= 4 is 46.6 Å². The second-order valence-electron chi connectivity index (χ2n) is 7.89. The molecule has 1 N–H and O–H groups in total. The number of fused-ring (bicyclic) bond motifs is 1. The van der Waals surface area contributed by atoms with Gasteiger partial charge < -0.3 is 15.0 Å². The number of ether oxygens (including phenoxy) is 1. The highest BCUT2D eigenvalue weighted by molar-refractivity contribution is 8.00. The fourth-order valence-electron chi connectivity index (χ4n) is 3.88. The maximum absolute atomic E-state index is 12.6. The summed E-state index contributed by atoms with van der Waals surface area (Å²) >= 11 is 13.2. The number of hydrogen-bond acceptors (Lipinski definition) is 6. The number of hydrogen-bond donors (Lipinski definition) is 1. The lowest BCUT2D eigenvalue weighted by molar-refractivity contribution is -0.113. The Morgan fingerprint density at radius 2 is 2.09 bits per heavy atom. The van der Waals surface area contributed by atoms with Crippen LogP contribution < -0.4 is 10.1 Å². The number of anilines is 1. The van der Waals surface area contributed by atoms with E-state index < -0.39 is 0 Å². The number of nitrogens with one attached hydrogen (secondary N) is 1. The second kappa shape index (κ2) is 10.7. The summed E-state index contributed by atoms with van der Waals surface area (Å²) in [5, 5.41) is 14.3. The molecule has 0 aliphatic carbocycles. The minimum Gasteiger partial charge on any atom is -0.497 e. The van der Waals surface area contributed by atoms with Gasteiger partial charge in [0.15, 0.2) is 0 Å². The third-order valence-corrected chi connectivity index (χ3v) is 7.24. The highest BCUT2D eigenvalue weighted by Crippen LogP contribution is 2.38. The minimum atomic E-state index is -0.227. The summed E-state index contributed by atoms with van der Waals surface area (Å²) in [6, 6.07) is 14.9. The molecular formula is C25H22Cl2N4O2S. The van der Waals surface area contributed by atoms with Crippen molar-refractivity contribution in [1.82, 2.24) is 9.88 Å². The van der Waals surface area contributed by atoms with Crippen LogP contribution in [-0.4, -0.2) is 42.2 Å². The Hall–Kier alpha value is -2.76. The van der Waals surface area contributed by atoms with E-state index >= 15 is 0 Å². The summed E-state index contributed by atoms with van der Waals surface area (Å²) in [4.78, 5) is 19.6. The van der Waals surface area contributed by atoms with Crippen molar-refractivity contribution in [3.8, 4) is 22.9 Å². The van der Waals surface area contributed by atoms with Crippen molar-refractivity contribution < 1.29 is 9.53 Å². The molecule has 0 atom stereocenters. The first-order chi connectivity index (χ1) is 16.4. The Balaban J connectivity index is 1.66. The third kappa shape index (κ3) is 5.31. The molecule has 0 unspecified atom stereocenters. The van der Waals surface area contributed by atoms with E-state index in [2.05, 4.69) is 23.3 Å². The van der Waals surface area contributed by atoms with Crippen molar-refractivity contribution in [3.05, 3.63) is 69.3 Å². The molecule has 1 aromatic heterocycles. The van der Waals surface area contributed by atoms with Gasteiger partial charge in [-0.05, 0) is 48.5 Å². The molecule has 9 heteroatoms. The number of amides is 1. The van der Waals surface area contributed by atoms with Gasteiger partial charge in [-0.1, -0.05) is 47.1 Å².